The molecular formula is C28H37N3O5. The summed E-state index contributed by atoms with van der Waals surface area (Å²) < 4.78 is 10.9. The molecule has 1 aliphatic heterocycles. The molecule has 0 spiro atoms. The summed E-state index contributed by atoms with van der Waals surface area (Å²) in [4.78, 5) is 40.3. The van der Waals surface area contributed by atoms with E-state index in [1.165, 1.54) is 0 Å². The molecule has 2 aromatic rings. The van der Waals surface area contributed by atoms with Gasteiger partial charge in [-0.05, 0) is 70.4 Å². The van der Waals surface area contributed by atoms with Crippen LogP contribution < -0.4 is 15.4 Å². The van der Waals surface area contributed by atoms with Crippen LogP contribution in [0, 0.1) is 5.92 Å². The fourth-order valence-electron chi connectivity index (χ4n) is 4.03. The Morgan fingerprint density at radius 1 is 1.00 bits per heavy atom. The molecule has 1 aliphatic rings. The zero-order chi connectivity index (χ0) is 26.1. The second kappa shape index (κ2) is 12.4. The number of anilines is 1. The normalized spacial score (nSPS) is 15.1. The van der Waals surface area contributed by atoms with Gasteiger partial charge in [0.15, 0.2) is 0 Å². The molecular weight excluding hydrogens is 458 g/mol. The second-order valence-electron chi connectivity index (χ2n) is 9.94. The summed E-state index contributed by atoms with van der Waals surface area (Å²) in [7, 11) is 0. The third-order valence-electron chi connectivity index (χ3n) is 5.87. The van der Waals surface area contributed by atoms with Crippen molar-refractivity contribution in [2.75, 3.05) is 25.0 Å². The molecule has 1 unspecified atom stereocenters. The van der Waals surface area contributed by atoms with Gasteiger partial charge in [-0.1, -0.05) is 30.3 Å². The summed E-state index contributed by atoms with van der Waals surface area (Å²) in [6.07, 6.45) is 1.04. The maximum Gasteiger partial charge on any atom is 0.410 e. The van der Waals surface area contributed by atoms with Crippen LogP contribution in [0.2, 0.25) is 0 Å². The maximum absolute atomic E-state index is 13.2. The van der Waals surface area contributed by atoms with Crippen molar-refractivity contribution in [1.82, 2.24) is 10.2 Å². The van der Waals surface area contributed by atoms with E-state index in [2.05, 4.69) is 10.6 Å². The summed E-state index contributed by atoms with van der Waals surface area (Å²) in [6, 6.07) is 16.0. The third kappa shape index (κ3) is 8.29. The minimum absolute atomic E-state index is 0.179. The number of nitrogens with zero attached hydrogens (tertiary/aromatic N) is 1. The topological polar surface area (TPSA) is 97.0 Å². The van der Waals surface area contributed by atoms with Gasteiger partial charge in [0, 0.05) is 31.1 Å². The van der Waals surface area contributed by atoms with E-state index in [0.29, 0.717) is 44.6 Å². The van der Waals surface area contributed by atoms with Crippen LogP contribution in [-0.4, -0.2) is 54.1 Å². The van der Waals surface area contributed by atoms with Gasteiger partial charge >= 0.3 is 6.09 Å². The van der Waals surface area contributed by atoms with E-state index in [4.69, 9.17) is 9.47 Å². The van der Waals surface area contributed by atoms with Crippen LogP contribution in [-0.2, 0) is 20.7 Å². The van der Waals surface area contributed by atoms with E-state index in [9.17, 15) is 14.4 Å². The Morgan fingerprint density at radius 3 is 2.22 bits per heavy atom. The number of carbonyl (C=O) groups excluding carboxylic acids is 3. The van der Waals surface area contributed by atoms with Crippen LogP contribution >= 0.6 is 0 Å². The number of hydrogen-bond donors (Lipinski definition) is 2. The molecule has 2 N–H and O–H groups in total. The summed E-state index contributed by atoms with van der Waals surface area (Å²) in [5.41, 5.74) is 1.01. The number of benzene rings is 2. The lowest BCUT2D eigenvalue weighted by atomic mass is 9.95. The number of amides is 3. The van der Waals surface area contributed by atoms with E-state index in [0.717, 1.165) is 11.3 Å². The van der Waals surface area contributed by atoms with Gasteiger partial charge in [0.25, 0.3) is 0 Å². The lowest BCUT2D eigenvalue weighted by Crippen LogP contribution is -2.50. The van der Waals surface area contributed by atoms with Crippen molar-refractivity contribution in [3.05, 3.63) is 60.2 Å². The number of rotatable bonds is 8. The molecule has 0 aromatic heterocycles. The van der Waals surface area contributed by atoms with Crippen molar-refractivity contribution >= 4 is 23.6 Å². The Balaban J connectivity index is 1.62. The van der Waals surface area contributed by atoms with Gasteiger partial charge in [0.1, 0.15) is 17.4 Å². The standard InChI is InChI=1S/C28H37N3O5/c1-5-35-23-13-11-22(12-14-23)29-26(33)24(19-20-9-7-6-8-10-20)30-25(32)21-15-17-31(18-16-21)27(34)36-28(2,3)4/h6-14,21,24H,5,15-19H2,1-4H3,(H,29,33)(H,30,32). The van der Waals surface area contributed by atoms with Crippen LogP contribution in [0.3, 0.4) is 0 Å². The average Bonchev–Trinajstić information content (AvgIpc) is 2.84. The fourth-order valence-corrected chi connectivity index (χ4v) is 4.03. The van der Waals surface area contributed by atoms with E-state index in [1.807, 2.05) is 58.0 Å². The molecule has 8 nitrogen and oxygen atoms in total. The lowest BCUT2D eigenvalue weighted by Gasteiger charge is -2.33. The van der Waals surface area contributed by atoms with Gasteiger partial charge in [-0.3, -0.25) is 9.59 Å². The maximum atomic E-state index is 13.2. The van der Waals surface area contributed by atoms with Crippen molar-refractivity contribution < 1.29 is 23.9 Å². The molecule has 3 amide bonds. The zero-order valence-electron chi connectivity index (χ0n) is 21.6. The minimum atomic E-state index is -0.740. The Hall–Kier alpha value is -3.55. The molecule has 1 saturated heterocycles. The Morgan fingerprint density at radius 2 is 1.64 bits per heavy atom. The quantitative estimate of drug-likeness (QED) is 0.566. The van der Waals surface area contributed by atoms with Gasteiger partial charge in [-0.2, -0.15) is 0 Å². The summed E-state index contributed by atoms with van der Waals surface area (Å²) >= 11 is 0. The molecule has 1 heterocycles. The first-order valence-electron chi connectivity index (χ1n) is 12.5. The predicted molar refractivity (Wildman–Crippen MR) is 139 cm³/mol. The highest BCUT2D eigenvalue weighted by atomic mass is 16.6. The number of piperidine rings is 1. The van der Waals surface area contributed by atoms with Crippen LogP contribution in [0.4, 0.5) is 10.5 Å². The minimum Gasteiger partial charge on any atom is -0.494 e. The van der Waals surface area contributed by atoms with Gasteiger partial charge < -0.3 is 25.0 Å². The SMILES string of the molecule is CCOc1ccc(NC(=O)C(Cc2ccccc2)NC(=O)C2CCN(C(=O)OC(C)(C)C)CC2)cc1. The molecule has 8 heteroatoms. The van der Waals surface area contributed by atoms with Gasteiger partial charge in [0.2, 0.25) is 11.8 Å². The number of ether oxygens (including phenoxy) is 2. The largest absolute Gasteiger partial charge is 0.494 e. The molecule has 0 radical (unpaired) electrons. The van der Waals surface area contributed by atoms with Crippen molar-refractivity contribution in [3.63, 3.8) is 0 Å². The molecule has 0 bridgehead atoms. The zero-order valence-corrected chi connectivity index (χ0v) is 21.6. The molecule has 0 aliphatic carbocycles. The Labute approximate surface area is 213 Å². The number of likely N-dealkylation sites (tertiary alicyclic amines) is 1. The second-order valence-corrected chi connectivity index (χ2v) is 9.94. The van der Waals surface area contributed by atoms with Crippen molar-refractivity contribution in [2.24, 2.45) is 5.92 Å². The van der Waals surface area contributed by atoms with Gasteiger partial charge in [-0.15, -0.1) is 0 Å². The highest BCUT2D eigenvalue weighted by molar-refractivity contribution is 5.97. The van der Waals surface area contributed by atoms with E-state index < -0.39 is 11.6 Å². The van der Waals surface area contributed by atoms with Gasteiger partial charge in [-0.25, -0.2) is 4.79 Å². The molecule has 2 aromatic carbocycles. The summed E-state index contributed by atoms with van der Waals surface area (Å²) in [5, 5.41) is 5.86. The van der Waals surface area contributed by atoms with E-state index in [1.54, 1.807) is 29.2 Å². The van der Waals surface area contributed by atoms with Crippen molar-refractivity contribution in [1.29, 1.82) is 0 Å². The summed E-state index contributed by atoms with van der Waals surface area (Å²) in [6.45, 7) is 8.84. The average molecular weight is 496 g/mol. The first-order valence-corrected chi connectivity index (χ1v) is 12.5. The molecule has 1 atom stereocenters. The molecule has 0 saturated carbocycles. The number of nitrogens with one attached hydrogen (secondary N) is 2. The lowest BCUT2D eigenvalue weighted by molar-refractivity contribution is -0.130. The van der Waals surface area contributed by atoms with Crippen molar-refractivity contribution in [3.8, 4) is 5.75 Å². The Bertz CT molecular complexity index is 1010. The van der Waals surface area contributed by atoms with Gasteiger partial charge in [0.05, 0.1) is 6.61 Å². The highest BCUT2D eigenvalue weighted by Crippen LogP contribution is 2.21. The van der Waals surface area contributed by atoms with Crippen molar-refractivity contribution in [2.45, 2.75) is 58.6 Å². The molecule has 1 fully saturated rings. The molecule has 3 rings (SSSR count). The third-order valence-corrected chi connectivity index (χ3v) is 5.87. The number of hydrogen-bond acceptors (Lipinski definition) is 5. The molecule has 194 valence electrons. The molecule has 36 heavy (non-hydrogen) atoms. The highest BCUT2D eigenvalue weighted by Gasteiger charge is 2.32. The van der Waals surface area contributed by atoms with E-state index >= 15 is 0 Å². The number of carbonyl (C=O) groups is 3. The monoisotopic (exact) mass is 495 g/mol. The van der Waals surface area contributed by atoms with Crippen LogP contribution in [0.5, 0.6) is 5.75 Å². The first-order chi connectivity index (χ1) is 17.1. The van der Waals surface area contributed by atoms with Crippen LogP contribution in [0.25, 0.3) is 0 Å². The van der Waals surface area contributed by atoms with Crippen LogP contribution in [0.1, 0.15) is 46.1 Å². The van der Waals surface area contributed by atoms with E-state index in [-0.39, 0.29) is 23.8 Å². The first kappa shape index (κ1) is 27.0. The fraction of sp³-hybridized carbons (Fsp3) is 0.464. The Kier molecular flexibility index (Phi) is 9.33. The summed E-state index contributed by atoms with van der Waals surface area (Å²) in [5.74, 6) is -0.0215. The predicted octanol–water partition coefficient (Wildman–Crippen LogP) is 4.40. The van der Waals surface area contributed by atoms with Crippen LogP contribution in [0.15, 0.2) is 54.6 Å². The smallest absolute Gasteiger partial charge is 0.410 e.